The summed E-state index contributed by atoms with van der Waals surface area (Å²) in [5.74, 6) is -2.76. The van der Waals surface area contributed by atoms with Crippen molar-refractivity contribution in [1.82, 2.24) is 0 Å². The van der Waals surface area contributed by atoms with E-state index in [0.29, 0.717) is 0 Å². The lowest BCUT2D eigenvalue weighted by atomic mass is 10.4. The van der Waals surface area contributed by atoms with Crippen LogP contribution in [0, 0.1) is 0 Å². The molecule has 0 rings (SSSR count). The van der Waals surface area contributed by atoms with Gasteiger partial charge in [0.25, 0.3) is 0 Å². The summed E-state index contributed by atoms with van der Waals surface area (Å²) < 4.78 is 0. The molecule has 9 heteroatoms. The summed E-state index contributed by atoms with van der Waals surface area (Å²) in [7, 11) is 0. The molecule has 0 unspecified atom stereocenters. The molecule has 0 aliphatic heterocycles. The maximum absolute atomic E-state index is 9.57. The minimum absolute atomic E-state index is 0.0694. The average Bonchev–Trinajstić information content (AvgIpc) is 2.18. The van der Waals surface area contributed by atoms with Gasteiger partial charge in [-0.1, -0.05) is 0 Å². The lowest BCUT2D eigenvalue weighted by Crippen LogP contribution is -2.25. The van der Waals surface area contributed by atoms with E-state index in [0.717, 1.165) is 0 Å². The van der Waals surface area contributed by atoms with Gasteiger partial charge in [0.05, 0.1) is 6.42 Å². The molecule has 0 aliphatic carbocycles. The van der Waals surface area contributed by atoms with Crippen molar-refractivity contribution in [3.8, 4) is 0 Å². The van der Waals surface area contributed by atoms with Gasteiger partial charge in [0, 0.05) is 6.54 Å². The van der Waals surface area contributed by atoms with E-state index in [4.69, 9.17) is 32.5 Å². The molecule has 0 radical (unpaired) electrons. The zero-order chi connectivity index (χ0) is 15.3. The number of hydrogen-bond acceptors (Lipinski definition) is 6. The van der Waals surface area contributed by atoms with Crippen LogP contribution in [0.3, 0.4) is 0 Å². The van der Waals surface area contributed by atoms with Crippen LogP contribution in [0.25, 0.3) is 0 Å². The van der Waals surface area contributed by atoms with Crippen LogP contribution in [-0.4, -0.2) is 51.9 Å². The summed E-state index contributed by atoms with van der Waals surface area (Å²) in [6, 6.07) is -1.46. The molecule has 0 saturated heterocycles. The molecule has 0 fully saturated rings. The number of aliphatic carboxylic acids is 3. The molecule has 0 aromatic rings. The van der Waals surface area contributed by atoms with E-state index in [1.165, 1.54) is 13.8 Å². The number of carbonyl (C=O) groups is 3. The Morgan fingerprint density at radius 1 is 0.944 bits per heavy atom. The van der Waals surface area contributed by atoms with Crippen LogP contribution in [0.15, 0.2) is 0 Å². The maximum atomic E-state index is 9.57. The van der Waals surface area contributed by atoms with Gasteiger partial charge >= 0.3 is 17.9 Å². The second-order valence-electron chi connectivity index (χ2n) is 3.19. The zero-order valence-electron chi connectivity index (χ0n) is 10.4. The quantitative estimate of drug-likeness (QED) is 0.343. The second kappa shape index (κ2) is 13.4. The SMILES string of the molecule is C[C@@H](N)C(=O)O.C[C@H](N)C(=O)O.NCCC(=O)O. The van der Waals surface area contributed by atoms with Gasteiger partial charge in [0.15, 0.2) is 0 Å². The standard InChI is InChI=1S/3C3H7NO2/c2*1-2(4)3(5)6;4-2-1-3(5)6/h2*2H,4H2,1H3,(H,5,6);1-2,4H2,(H,5,6)/t2*2-;/m10./s1. The Hall–Kier alpha value is -1.71. The first-order valence-electron chi connectivity index (χ1n) is 4.94. The molecule has 0 spiro atoms. The molecule has 2 atom stereocenters. The molecule has 9 N–H and O–H groups in total. The monoisotopic (exact) mass is 267 g/mol. The smallest absolute Gasteiger partial charge is 0.320 e. The number of rotatable bonds is 4. The van der Waals surface area contributed by atoms with Crippen LogP contribution in [0.4, 0.5) is 0 Å². The third kappa shape index (κ3) is 29.2. The average molecular weight is 267 g/mol. The highest BCUT2D eigenvalue weighted by molar-refractivity contribution is 5.72. The Morgan fingerprint density at radius 2 is 1.17 bits per heavy atom. The molecule has 0 amide bonds. The normalized spacial score (nSPS) is 11.8. The molecule has 0 aliphatic rings. The molecule has 9 nitrogen and oxygen atoms in total. The number of carboxylic acid groups (broad SMARTS) is 3. The number of carboxylic acids is 3. The largest absolute Gasteiger partial charge is 0.481 e. The highest BCUT2D eigenvalue weighted by Crippen LogP contribution is 1.69. The van der Waals surface area contributed by atoms with E-state index in [1.807, 2.05) is 0 Å². The van der Waals surface area contributed by atoms with E-state index < -0.39 is 30.0 Å². The fraction of sp³-hybridized carbons (Fsp3) is 0.667. The predicted octanol–water partition coefficient (Wildman–Crippen LogP) is -1.74. The van der Waals surface area contributed by atoms with E-state index in [9.17, 15) is 14.4 Å². The molecule has 0 heterocycles. The highest BCUT2D eigenvalue weighted by Gasteiger charge is 2.00. The third-order valence-corrected chi connectivity index (χ3v) is 1.14. The fourth-order valence-electron chi connectivity index (χ4n) is 0.123. The van der Waals surface area contributed by atoms with Gasteiger partial charge in [0.1, 0.15) is 12.1 Å². The lowest BCUT2D eigenvalue weighted by molar-refractivity contribution is -0.139. The maximum Gasteiger partial charge on any atom is 0.320 e. The molecule has 18 heavy (non-hydrogen) atoms. The molecule has 0 bridgehead atoms. The first kappa shape index (κ1) is 21.6. The van der Waals surface area contributed by atoms with Crippen LogP contribution in [-0.2, 0) is 14.4 Å². The van der Waals surface area contributed by atoms with Crippen LogP contribution in [0.5, 0.6) is 0 Å². The van der Waals surface area contributed by atoms with E-state index in [2.05, 4.69) is 0 Å². The molecule has 108 valence electrons. The summed E-state index contributed by atoms with van der Waals surface area (Å²) in [6.07, 6.45) is 0.0694. The van der Waals surface area contributed by atoms with Crippen molar-refractivity contribution in [1.29, 1.82) is 0 Å². The van der Waals surface area contributed by atoms with Gasteiger partial charge in [-0.3, -0.25) is 14.4 Å². The van der Waals surface area contributed by atoms with Crippen molar-refractivity contribution in [3.05, 3.63) is 0 Å². The van der Waals surface area contributed by atoms with Crippen molar-refractivity contribution in [2.45, 2.75) is 32.4 Å². The van der Waals surface area contributed by atoms with Gasteiger partial charge in [-0.05, 0) is 13.8 Å². The summed E-state index contributed by atoms with van der Waals surface area (Å²) >= 11 is 0. The van der Waals surface area contributed by atoms with Gasteiger partial charge < -0.3 is 32.5 Å². The van der Waals surface area contributed by atoms with Crippen molar-refractivity contribution < 1.29 is 29.7 Å². The number of hydrogen-bond donors (Lipinski definition) is 6. The van der Waals surface area contributed by atoms with Crippen molar-refractivity contribution in [3.63, 3.8) is 0 Å². The molecule has 0 aromatic heterocycles. The fourth-order valence-corrected chi connectivity index (χ4v) is 0.123. The van der Waals surface area contributed by atoms with Gasteiger partial charge in [0.2, 0.25) is 0 Å². The molecular weight excluding hydrogens is 246 g/mol. The van der Waals surface area contributed by atoms with E-state index in [1.54, 1.807) is 0 Å². The van der Waals surface area contributed by atoms with Gasteiger partial charge in [-0.25, -0.2) is 0 Å². The van der Waals surface area contributed by atoms with Crippen molar-refractivity contribution >= 4 is 17.9 Å². The van der Waals surface area contributed by atoms with Crippen molar-refractivity contribution in [2.75, 3.05) is 6.54 Å². The van der Waals surface area contributed by atoms with Crippen LogP contribution in [0.2, 0.25) is 0 Å². The Morgan fingerprint density at radius 3 is 1.17 bits per heavy atom. The summed E-state index contributed by atoms with van der Waals surface area (Å²) in [5.41, 5.74) is 14.5. The Kier molecular flexibility index (Phi) is 16.0. The summed E-state index contributed by atoms with van der Waals surface area (Å²) in [6.45, 7) is 3.07. The summed E-state index contributed by atoms with van der Waals surface area (Å²) in [4.78, 5) is 28.7. The molecule has 0 aromatic carbocycles. The van der Waals surface area contributed by atoms with Crippen LogP contribution in [0.1, 0.15) is 20.3 Å². The minimum atomic E-state index is -0.963. The number of nitrogens with two attached hydrogens (primary N) is 3. The molecular formula is C9H21N3O6. The zero-order valence-corrected chi connectivity index (χ0v) is 10.4. The predicted molar refractivity (Wildman–Crippen MR) is 63.9 cm³/mol. The topological polar surface area (TPSA) is 190 Å². The van der Waals surface area contributed by atoms with Gasteiger partial charge in [-0.15, -0.1) is 0 Å². The Balaban J connectivity index is -0.000000187. The van der Waals surface area contributed by atoms with Crippen molar-refractivity contribution in [2.24, 2.45) is 17.2 Å². The molecule has 0 saturated carbocycles. The van der Waals surface area contributed by atoms with E-state index in [-0.39, 0.29) is 13.0 Å². The Labute approximate surface area is 105 Å². The highest BCUT2D eigenvalue weighted by atomic mass is 16.4. The summed E-state index contributed by atoms with van der Waals surface area (Å²) in [5, 5.41) is 23.6. The third-order valence-electron chi connectivity index (χ3n) is 1.14. The van der Waals surface area contributed by atoms with Crippen LogP contribution >= 0.6 is 0 Å². The lowest BCUT2D eigenvalue weighted by Gasteiger charge is -1.90. The van der Waals surface area contributed by atoms with Gasteiger partial charge in [-0.2, -0.15) is 0 Å². The second-order valence-corrected chi connectivity index (χ2v) is 3.19. The van der Waals surface area contributed by atoms with Crippen LogP contribution < -0.4 is 17.2 Å². The first-order chi connectivity index (χ1) is 8.06. The Bertz CT molecular complexity index is 237. The van der Waals surface area contributed by atoms with E-state index >= 15 is 0 Å². The minimum Gasteiger partial charge on any atom is -0.481 e. The first-order valence-corrected chi connectivity index (χ1v) is 4.94.